The Kier molecular flexibility index (Phi) is 5.11. The molecule has 0 bridgehead atoms. The van der Waals surface area contributed by atoms with Gasteiger partial charge in [-0.2, -0.15) is 0 Å². The SMILES string of the molecule is COc1cc(CNC2CCOc3ccccc32)cc(OC)c1OC. The Labute approximate surface area is 142 Å². The van der Waals surface area contributed by atoms with Crippen molar-refractivity contribution >= 4 is 0 Å². The van der Waals surface area contributed by atoms with Crippen LogP contribution in [0.3, 0.4) is 0 Å². The first kappa shape index (κ1) is 16.5. The van der Waals surface area contributed by atoms with Crippen molar-refractivity contribution in [2.45, 2.75) is 19.0 Å². The molecule has 0 amide bonds. The van der Waals surface area contributed by atoms with Gasteiger partial charge in [-0.05, 0) is 23.8 Å². The van der Waals surface area contributed by atoms with E-state index in [4.69, 9.17) is 18.9 Å². The van der Waals surface area contributed by atoms with E-state index < -0.39 is 0 Å². The van der Waals surface area contributed by atoms with Gasteiger partial charge in [0, 0.05) is 24.6 Å². The Morgan fingerprint density at radius 1 is 1.04 bits per heavy atom. The molecule has 0 saturated carbocycles. The van der Waals surface area contributed by atoms with Crippen LogP contribution >= 0.6 is 0 Å². The number of ether oxygens (including phenoxy) is 4. The highest BCUT2D eigenvalue weighted by Crippen LogP contribution is 2.38. The molecule has 1 aliphatic rings. The van der Waals surface area contributed by atoms with Crippen molar-refractivity contribution in [3.05, 3.63) is 47.5 Å². The van der Waals surface area contributed by atoms with E-state index in [2.05, 4.69) is 11.4 Å². The van der Waals surface area contributed by atoms with Crippen LogP contribution in [0.1, 0.15) is 23.6 Å². The summed E-state index contributed by atoms with van der Waals surface area (Å²) >= 11 is 0. The molecule has 0 spiro atoms. The summed E-state index contributed by atoms with van der Waals surface area (Å²) < 4.78 is 21.9. The average molecular weight is 329 g/mol. The van der Waals surface area contributed by atoms with Gasteiger partial charge in [0.05, 0.1) is 27.9 Å². The lowest BCUT2D eigenvalue weighted by Crippen LogP contribution is -2.26. The van der Waals surface area contributed by atoms with Crippen molar-refractivity contribution in [2.24, 2.45) is 0 Å². The Balaban J connectivity index is 1.78. The van der Waals surface area contributed by atoms with E-state index in [9.17, 15) is 0 Å². The minimum Gasteiger partial charge on any atom is -0.493 e. The maximum absolute atomic E-state index is 5.71. The number of rotatable bonds is 6. The first-order valence-corrected chi connectivity index (χ1v) is 8.00. The highest BCUT2D eigenvalue weighted by Gasteiger charge is 2.21. The van der Waals surface area contributed by atoms with Crippen LogP contribution in [0.15, 0.2) is 36.4 Å². The number of para-hydroxylation sites is 1. The van der Waals surface area contributed by atoms with Gasteiger partial charge in [-0.1, -0.05) is 18.2 Å². The van der Waals surface area contributed by atoms with Crippen LogP contribution in [-0.2, 0) is 6.54 Å². The van der Waals surface area contributed by atoms with Gasteiger partial charge in [-0.3, -0.25) is 0 Å². The molecule has 128 valence electrons. The minimum absolute atomic E-state index is 0.272. The van der Waals surface area contributed by atoms with Crippen LogP contribution in [0.2, 0.25) is 0 Å². The summed E-state index contributed by atoms with van der Waals surface area (Å²) in [5, 5.41) is 3.60. The van der Waals surface area contributed by atoms with E-state index in [-0.39, 0.29) is 6.04 Å². The summed E-state index contributed by atoms with van der Waals surface area (Å²) in [6.07, 6.45) is 0.946. The summed E-state index contributed by atoms with van der Waals surface area (Å²) in [6.45, 7) is 1.43. The molecule has 0 aliphatic carbocycles. The van der Waals surface area contributed by atoms with E-state index in [1.807, 2.05) is 30.3 Å². The van der Waals surface area contributed by atoms with Crippen molar-refractivity contribution in [3.63, 3.8) is 0 Å². The minimum atomic E-state index is 0.272. The fourth-order valence-electron chi connectivity index (χ4n) is 3.03. The van der Waals surface area contributed by atoms with Crippen LogP contribution in [0, 0.1) is 0 Å². The molecule has 0 saturated heterocycles. The fraction of sp³-hybridized carbons (Fsp3) is 0.368. The molecule has 2 aromatic carbocycles. The molecule has 0 radical (unpaired) electrons. The van der Waals surface area contributed by atoms with Gasteiger partial charge < -0.3 is 24.3 Å². The molecule has 0 fully saturated rings. The molecule has 0 aromatic heterocycles. The van der Waals surface area contributed by atoms with Crippen LogP contribution < -0.4 is 24.3 Å². The second-order valence-corrected chi connectivity index (χ2v) is 5.64. The van der Waals surface area contributed by atoms with E-state index >= 15 is 0 Å². The largest absolute Gasteiger partial charge is 0.493 e. The third kappa shape index (κ3) is 3.26. The normalized spacial score (nSPS) is 16.0. The summed E-state index contributed by atoms with van der Waals surface area (Å²) in [7, 11) is 4.86. The zero-order chi connectivity index (χ0) is 16.9. The van der Waals surface area contributed by atoms with Gasteiger partial charge in [0.15, 0.2) is 11.5 Å². The number of benzene rings is 2. The highest BCUT2D eigenvalue weighted by molar-refractivity contribution is 5.53. The van der Waals surface area contributed by atoms with Gasteiger partial charge in [-0.25, -0.2) is 0 Å². The number of hydrogen-bond acceptors (Lipinski definition) is 5. The summed E-state index contributed by atoms with van der Waals surface area (Å²) in [6, 6.07) is 12.4. The van der Waals surface area contributed by atoms with Gasteiger partial charge in [0.25, 0.3) is 0 Å². The quantitative estimate of drug-likeness (QED) is 0.881. The van der Waals surface area contributed by atoms with Crippen molar-refractivity contribution in [1.29, 1.82) is 0 Å². The predicted molar refractivity (Wildman–Crippen MR) is 92.2 cm³/mol. The maximum atomic E-state index is 5.71. The predicted octanol–water partition coefficient (Wildman–Crippen LogP) is 3.33. The van der Waals surface area contributed by atoms with E-state index in [1.54, 1.807) is 21.3 Å². The van der Waals surface area contributed by atoms with Gasteiger partial charge in [-0.15, -0.1) is 0 Å². The van der Waals surface area contributed by atoms with Gasteiger partial charge in [0.1, 0.15) is 5.75 Å². The van der Waals surface area contributed by atoms with E-state index in [1.165, 1.54) is 5.56 Å². The Morgan fingerprint density at radius 3 is 2.42 bits per heavy atom. The second-order valence-electron chi connectivity index (χ2n) is 5.64. The molecular weight excluding hydrogens is 306 g/mol. The van der Waals surface area contributed by atoms with Crippen molar-refractivity contribution < 1.29 is 18.9 Å². The standard InChI is InChI=1S/C19H23NO4/c1-21-17-10-13(11-18(22-2)19(17)23-3)12-20-15-8-9-24-16-7-5-4-6-14(15)16/h4-7,10-11,15,20H,8-9,12H2,1-3H3. The lowest BCUT2D eigenvalue weighted by atomic mass is 10.0. The lowest BCUT2D eigenvalue weighted by molar-refractivity contribution is 0.252. The van der Waals surface area contributed by atoms with Crippen LogP contribution in [0.5, 0.6) is 23.0 Å². The molecule has 1 aliphatic heterocycles. The molecule has 1 heterocycles. The van der Waals surface area contributed by atoms with Gasteiger partial charge >= 0.3 is 0 Å². The molecule has 3 rings (SSSR count). The zero-order valence-electron chi connectivity index (χ0n) is 14.3. The van der Waals surface area contributed by atoms with Gasteiger partial charge in [0.2, 0.25) is 5.75 Å². The number of nitrogens with one attached hydrogen (secondary N) is 1. The third-order valence-electron chi connectivity index (χ3n) is 4.24. The molecule has 1 N–H and O–H groups in total. The molecular formula is C19H23NO4. The highest BCUT2D eigenvalue weighted by atomic mass is 16.5. The molecule has 1 atom stereocenters. The Morgan fingerprint density at radius 2 is 1.75 bits per heavy atom. The molecule has 5 heteroatoms. The average Bonchev–Trinajstić information content (AvgIpc) is 2.65. The van der Waals surface area contributed by atoms with Crippen LogP contribution in [-0.4, -0.2) is 27.9 Å². The smallest absolute Gasteiger partial charge is 0.203 e. The number of fused-ring (bicyclic) bond motifs is 1. The van der Waals surface area contributed by atoms with Crippen molar-refractivity contribution in [1.82, 2.24) is 5.32 Å². The summed E-state index contributed by atoms with van der Waals surface area (Å²) in [4.78, 5) is 0. The van der Waals surface area contributed by atoms with Crippen molar-refractivity contribution in [2.75, 3.05) is 27.9 Å². The Hall–Kier alpha value is -2.40. The first-order valence-electron chi connectivity index (χ1n) is 8.00. The van der Waals surface area contributed by atoms with E-state index in [0.717, 1.165) is 24.3 Å². The zero-order valence-corrected chi connectivity index (χ0v) is 14.3. The maximum Gasteiger partial charge on any atom is 0.203 e. The Bertz CT molecular complexity index is 677. The first-order chi connectivity index (χ1) is 11.8. The topological polar surface area (TPSA) is 49.0 Å². The molecule has 5 nitrogen and oxygen atoms in total. The summed E-state index contributed by atoms with van der Waals surface area (Å²) in [5.41, 5.74) is 2.28. The van der Waals surface area contributed by atoms with Crippen LogP contribution in [0.4, 0.5) is 0 Å². The summed E-state index contributed by atoms with van der Waals surface area (Å²) in [5.74, 6) is 2.91. The van der Waals surface area contributed by atoms with Crippen LogP contribution in [0.25, 0.3) is 0 Å². The molecule has 24 heavy (non-hydrogen) atoms. The number of hydrogen-bond donors (Lipinski definition) is 1. The molecule has 1 unspecified atom stereocenters. The second kappa shape index (κ2) is 7.45. The monoisotopic (exact) mass is 329 g/mol. The van der Waals surface area contributed by atoms with Crippen molar-refractivity contribution in [3.8, 4) is 23.0 Å². The lowest BCUT2D eigenvalue weighted by Gasteiger charge is -2.27. The molecule has 2 aromatic rings. The van der Waals surface area contributed by atoms with E-state index in [0.29, 0.717) is 23.8 Å². The number of methoxy groups -OCH3 is 3. The third-order valence-corrected chi connectivity index (χ3v) is 4.24. The fourth-order valence-corrected chi connectivity index (χ4v) is 3.03.